The first kappa shape index (κ1) is 12.4. The van der Waals surface area contributed by atoms with Gasteiger partial charge in [0.05, 0.1) is 5.69 Å². The fourth-order valence-corrected chi connectivity index (χ4v) is 2.59. The predicted molar refractivity (Wildman–Crippen MR) is 82.3 cm³/mol. The van der Waals surface area contributed by atoms with Gasteiger partial charge in [-0.15, -0.1) is 0 Å². The van der Waals surface area contributed by atoms with Crippen molar-refractivity contribution in [1.29, 1.82) is 0 Å². The van der Waals surface area contributed by atoms with Crippen molar-refractivity contribution in [2.24, 2.45) is 0 Å². The summed E-state index contributed by atoms with van der Waals surface area (Å²) < 4.78 is 3.10. The van der Waals surface area contributed by atoms with Gasteiger partial charge in [0, 0.05) is 22.4 Å². The Morgan fingerprint density at radius 3 is 2.58 bits per heavy atom. The molecular weight excluding hydrogens is 300 g/mol. The molecule has 96 valence electrons. The number of halogens is 1. The van der Waals surface area contributed by atoms with Crippen molar-refractivity contribution >= 4 is 21.6 Å². The number of imidazole rings is 1. The molecule has 3 rings (SSSR count). The van der Waals surface area contributed by atoms with Gasteiger partial charge in [0.1, 0.15) is 5.65 Å². The second-order valence-electron chi connectivity index (χ2n) is 4.69. The van der Waals surface area contributed by atoms with Gasteiger partial charge in [-0.3, -0.25) is 0 Å². The minimum absolute atomic E-state index is 0.968. The van der Waals surface area contributed by atoms with Gasteiger partial charge in [-0.2, -0.15) is 0 Å². The third-order valence-corrected chi connectivity index (χ3v) is 3.67. The van der Waals surface area contributed by atoms with Crippen LogP contribution in [0, 0.1) is 0 Å². The van der Waals surface area contributed by atoms with Gasteiger partial charge in [0.25, 0.3) is 0 Å². The summed E-state index contributed by atoms with van der Waals surface area (Å²) in [6, 6.07) is 12.7. The first-order chi connectivity index (χ1) is 9.26. The molecule has 0 fully saturated rings. The van der Waals surface area contributed by atoms with Gasteiger partial charge in [0.15, 0.2) is 0 Å². The highest BCUT2D eigenvalue weighted by Crippen LogP contribution is 2.21. The summed E-state index contributed by atoms with van der Waals surface area (Å²) in [6.45, 7) is 2.20. The van der Waals surface area contributed by atoms with Crippen LogP contribution in [0.2, 0.25) is 0 Å². The SMILES string of the molecule is CCCc1ccc(-c2cn3cc(Br)ccc3n2)cc1. The Morgan fingerprint density at radius 1 is 1.05 bits per heavy atom. The van der Waals surface area contributed by atoms with E-state index in [0.29, 0.717) is 0 Å². The van der Waals surface area contributed by atoms with Crippen LogP contribution in [-0.4, -0.2) is 9.38 Å². The normalized spacial score (nSPS) is 11.1. The number of nitrogens with zero attached hydrogens (tertiary/aromatic N) is 2. The summed E-state index contributed by atoms with van der Waals surface area (Å²) in [7, 11) is 0. The number of aryl methyl sites for hydroxylation is 1. The molecule has 0 saturated heterocycles. The first-order valence-electron chi connectivity index (χ1n) is 6.50. The Hall–Kier alpha value is -1.61. The summed E-state index contributed by atoms with van der Waals surface area (Å²) in [4.78, 5) is 4.64. The molecule has 0 amide bonds. The quantitative estimate of drug-likeness (QED) is 0.684. The lowest BCUT2D eigenvalue weighted by molar-refractivity contribution is 0.922. The largest absolute Gasteiger partial charge is 0.305 e. The minimum atomic E-state index is 0.968. The molecule has 0 unspecified atom stereocenters. The highest BCUT2D eigenvalue weighted by atomic mass is 79.9. The molecule has 0 N–H and O–H groups in total. The Morgan fingerprint density at radius 2 is 1.84 bits per heavy atom. The molecule has 2 heterocycles. The average Bonchev–Trinajstić information content (AvgIpc) is 2.83. The summed E-state index contributed by atoms with van der Waals surface area (Å²) in [6.07, 6.45) is 6.41. The van der Waals surface area contributed by atoms with E-state index in [0.717, 1.165) is 22.2 Å². The fourth-order valence-electron chi connectivity index (χ4n) is 2.23. The van der Waals surface area contributed by atoms with Crippen LogP contribution in [0.25, 0.3) is 16.9 Å². The zero-order valence-corrected chi connectivity index (χ0v) is 12.4. The van der Waals surface area contributed by atoms with E-state index in [9.17, 15) is 0 Å². The molecule has 0 radical (unpaired) electrons. The van der Waals surface area contributed by atoms with E-state index in [1.165, 1.54) is 17.5 Å². The molecule has 2 aromatic heterocycles. The van der Waals surface area contributed by atoms with Crippen LogP contribution in [-0.2, 0) is 6.42 Å². The van der Waals surface area contributed by atoms with Crippen LogP contribution in [0.5, 0.6) is 0 Å². The maximum atomic E-state index is 4.64. The van der Waals surface area contributed by atoms with E-state index in [1.807, 2.05) is 22.7 Å². The van der Waals surface area contributed by atoms with Crippen molar-refractivity contribution in [3.05, 3.63) is 58.8 Å². The standard InChI is InChI=1S/C16H15BrN2/c1-2-3-12-4-6-13(7-5-12)15-11-19-10-14(17)8-9-16(19)18-15/h4-11H,2-3H2,1H3. The Balaban J connectivity index is 1.99. The predicted octanol–water partition coefficient (Wildman–Crippen LogP) is 4.72. The molecule has 19 heavy (non-hydrogen) atoms. The molecule has 0 aliphatic heterocycles. The maximum Gasteiger partial charge on any atom is 0.137 e. The third-order valence-electron chi connectivity index (χ3n) is 3.20. The van der Waals surface area contributed by atoms with E-state index in [4.69, 9.17) is 0 Å². The van der Waals surface area contributed by atoms with Gasteiger partial charge in [-0.1, -0.05) is 37.6 Å². The molecule has 1 aromatic carbocycles. The van der Waals surface area contributed by atoms with E-state index >= 15 is 0 Å². The van der Waals surface area contributed by atoms with Gasteiger partial charge < -0.3 is 4.40 Å². The lowest BCUT2D eigenvalue weighted by atomic mass is 10.1. The summed E-state index contributed by atoms with van der Waals surface area (Å²) in [5.41, 5.74) is 4.54. The van der Waals surface area contributed by atoms with Crippen LogP contribution < -0.4 is 0 Å². The van der Waals surface area contributed by atoms with Crippen molar-refractivity contribution in [2.45, 2.75) is 19.8 Å². The number of hydrogen-bond donors (Lipinski definition) is 0. The van der Waals surface area contributed by atoms with Crippen LogP contribution in [0.15, 0.2) is 53.3 Å². The number of benzene rings is 1. The lowest BCUT2D eigenvalue weighted by Crippen LogP contribution is -1.83. The Labute approximate surface area is 121 Å². The fraction of sp³-hybridized carbons (Fsp3) is 0.188. The zero-order valence-electron chi connectivity index (χ0n) is 10.8. The summed E-state index contributed by atoms with van der Waals surface area (Å²) >= 11 is 3.48. The number of rotatable bonds is 3. The molecule has 0 aliphatic rings. The molecule has 0 spiro atoms. The number of hydrogen-bond acceptors (Lipinski definition) is 1. The molecule has 3 heteroatoms. The van der Waals surface area contributed by atoms with E-state index in [-0.39, 0.29) is 0 Å². The molecule has 0 saturated carbocycles. The van der Waals surface area contributed by atoms with Crippen molar-refractivity contribution in [2.75, 3.05) is 0 Å². The van der Waals surface area contributed by atoms with Crippen LogP contribution in [0.4, 0.5) is 0 Å². The second-order valence-corrected chi connectivity index (χ2v) is 5.60. The molecule has 0 bridgehead atoms. The Kier molecular flexibility index (Phi) is 3.38. The average molecular weight is 315 g/mol. The van der Waals surface area contributed by atoms with Gasteiger partial charge in [-0.05, 0) is 40.0 Å². The van der Waals surface area contributed by atoms with Crippen LogP contribution in [0.3, 0.4) is 0 Å². The van der Waals surface area contributed by atoms with E-state index in [1.54, 1.807) is 0 Å². The third kappa shape index (κ3) is 2.56. The van der Waals surface area contributed by atoms with Gasteiger partial charge >= 0.3 is 0 Å². The zero-order chi connectivity index (χ0) is 13.2. The number of aromatic nitrogens is 2. The highest BCUT2D eigenvalue weighted by Gasteiger charge is 2.04. The topological polar surface area (TPSA) is 17.3 Å². The lowest BCUT2D eigenvalue weighted by Gasteiger charge is -2.00. The van der Waals surface area contributed by atoms with E-state index in [2.05, 4.69) is 58.3 Å². The van der Waals surface area contributed by atoms with E-state index < -0.39 is 0 Å². The summed E-state index contributed by atoms with van der Waals surface area (Å²) in [5.74, 6) is 0. The second kappa shape index (κ2) is 5.17. The van der Waals surface area contributed by atoms with Gasteiger partial charge in [-0.25, -0.2) is 4.98 Å². The van der Waals surface area contributed by atoms with Crippen molar-refractivity contribution in [3.63, 3.8) is 0 Å². The van der Waals surface area contributed by atoms with Crippen molar-refractivity contribution in [1.82, 2.24) is 9.38 Å². The number of pyridine rings is 1. The molecular formula is C16H15BrN2. The Bertz CT molecular complexity index is 698. The van der Waals surface area contributed by atoms with Crippen LogP contribution in [0.1, 0.15) is 18.9 Å². The van der Waals surface area contributed by atoms with Crippen molar-refractivity contribution < 1.29 is 0 Å². The number of fused-ring (bicyclic) bond motifs is 1. The maximum absolute atomic E-state index is 4.64. The monoisotopic (exact) mass is 314 g/mol. The van der Waals surface area contributed by atoms with Crippen molar-refractivity contribution in [3.8, 4) is 11.3 Å². The highest BCUT2D eigenvalue weighted by molar-refractivity contribution is 9.10. The summed E-state index contributed by atoms with van der Waals surface area (Å²) in [5, 5.41) is 0. The minimum Gasteiger partial charge on any atom is -0.305 e. The molecule has 0 aliphatic carbocycles. The smallest absolute Gasteiger partial charge is 0.137 e. The molecule has 3 aromatic rings. The molecule has 0 atom stereocenters. The first-order valence-corrected chi connectivity index (χ1v) is 7.29. The van der Waals surface area contributed by atoms with Crippen LogP contribution >= 0.6 is 15.9 Å². The van der Waals surface area contributed by atoms with Gasteiger partial charge in [0.2, 0.25) is 0 Å². The molecule has 2 nitrogen and oxygen atoms in total.